The van der Waals surface area contributed by atoms with E-state index >= 15 is 0 Å². The van der Waals surface area contributed by atoms with Gasteiger partial charge in [0.05, 0.1) is 0 Å². The summed E-state index contributed by atoms with van der Waals surface area (Å²) < 4.78 is 0. The monoisotopic (exact) mass is 261 g/mol. The Hall–Kier alpha value is -0.350. The van der Waals surface area contributed by atoms with Gasteiger partial charge in [-0.2, -0.15) is 0 Å². The van der Waals surface area contributed by atoms with Crippen molar-refractivity contribution in [2.24, 2.45) is 5.73 Å². The molecule has 0 unspecified atom stereocenters. The largest absolute Gasteiger partial charge is 0.326 e. The summed E-state index contributed by atoms with van der Waals surface area (Å²) in [6, 6.07) is 8.04. The second kappa shape index (κ2) is 5.32. The average molecular weight is 261 g/mol. The minimum atomic E-state index is 0. The normalized spacial score (nSPS) is 8.45. The number of nitrogens with two attached hydrogens (primary N) is 1. The van der Waals surface area contributed by atoms with Crippen LogP contribution in [-0.4, -0.2) is 0 Å². The van der Waals surface area contributed by atoms with Gasteiger partial charge in [-0.25, -0.2) is 0 Å². The van der Waals surface area contributed by atoms with E-state index < -0.39 is 0 Å². The van der Waals surface area contributed by atoms with Gasteiger partial charge in [0.25, 0.3) is 0 Å². The number of hydrogen-bond donors (Lipinski definition) is 1. The quantitative estimate of drug-likeness (QED) is 0.813. The Kier molecular flexibility index (Phi) is 5.15. The summed E-state index contributed by atoms with van der Waals surface area (Å²) in [6.45, 7) is 4.26. The SMILES string of the molecule is C=Cc1ccc(CN)cc1.I. The Bertz CT molecular complexity index is 216. The van der Waals surface area contributed by atoms with Gasteiger partial charge >= 0.3 is 0 Å². The average Bonchev–Trinajstić information content (AvgIpc) is 2.05. The zero-order valence-corrected chi connectivity index (χ0v) is 8.62. The lowest BCUT2D eigenvalue weighted by Crippen LogP contribution is -1.94. The fourth-order valence-electron chi connectivity index (χ4n) is 0.790. The first-order valence-electron chi connectivity index (χ1n) is 3.28. The van der Waals surface area contributed by atoms with Gasteiger partial charge in [0, 0.05) is 6.54 Å². The van der Waals surface area contributed by atoms with Gasteiger partial charge in [0.15, 0.2) is 0 Å². The molecule has 1 aromatic carbocycles. The molecular weight excluding hydrogens is 249 g/mol. The molecule has 0 amide bonds. The molecule has 1 aromatic rings. The van der Waals surface area contributed by atoms with Crippen LogP contribution in [0.25, 0.3) is 6.08 Å². The first kappa shape index (κ1) is 10.7. The van der Waals surface area contributed by atoms with Crippen LogP contribution in [0.5, 0.6) is 0 Å². The van der Waals surface area contributed by atoms with Gasteiger partial charge in [-0.3, -0.25) is 0 Å². The Morgan fingerprint density at radius 2 is 1.82 bits per heavy atom. The van der Waals surface area contributed by atoms with Crippen molar-refractivity contribution in [1.29, 1.82) is 0 Å². The van der Waals surface area contributed by atoms with Crippen LogP contribution in [0.4, 0.5) is 0 Å². The molecule has 1 nitrogen and oxygen atoms in total. The summed E-state index contributed by atoms with van der Waals surface area (Å²) in [4.78, 5) is 0. The van der Waals surface area contributed by atoms with Gasteiger partial charge in [-0.05, 0) is 11.1 Å². The topological polar surface area (TPSA) is 26.0 Å². The third-order valence-corrected chi connectivity index (χ3v) is 1.45. The standard InChI is InChI=1S/C9H11N.HI/c1-2-8-3-5-9(7-10)6-4-8;/h2-6H,1,7,10H2;1H. The minimum Gasteiger partial charge on any atom is -0.326 e. The molecule has 0 aliphatic heterocycles. The van der Waals surface area contributed by atoms with Crippen molar-refractivity contribution in [1.82, 2.24) is 0 Å². The highest BCUT2D eigenvalue weighted by molar-refractivity contribution is 14.0. The molecule has 1 rings (SSSR count). The van der Waals surface area contributed by atoms with Gasteiger partial charge in [0.2, 0.25) is 0 Å². The Morgan fingerprint density at radius 1 is 1.27 bits per heavy atom. The molecule has 0 saturated carbocycles. The molecule has 0 heterocycles. The van der Waals surface area contributed by atoms with E-state index in [4.69, 9.17) is 5.73 Å². The third kappa shape index (κ3) is 3.03. The lowest BCUT2D eigenvalue weighted by molar-refractivity contribution is 1.07. The second-order valence-electron chi connectivity index (χ2n) is 2.15. The van der Waals surface area contributed by atoms with Crippen LogP contribution in [0, 0.1) is 0 Å². The lowest BCUT2D eigenvalue weighted by Gasteiger charge is -1.95. The summed E-state index contributed by atoms with van der Waals surface area (Å²) in [5.41, 5.74) is 7.71. The summed E-state index contributed by atoms with van der Waals surface area (Å²) in [7, 11) is 0. The van der Waals surface area contributed by atoms with E-state index in [9.17, 15) is 0 Å². The fraction of sp³-hybridized carbons (Fsp3) is 0.111. The Labute approximate surface area is 84.3 Å². The molecule has 60 valence electrons. The molecule has 11 heavy (non-hydrogen) atoms. The molecule has 0 aromatic heterocycles. The molecule has 0 saturated heterocycles. The molecule has 0 aliphatic rings. The van der Waals surface area contributed by atoms with Gasteiger partial charge < -0.3 is 5.73 Å². The number of rotatable bonds is 2. The highest BCUT2D eigenvalue weighted by Crippen LogP contribution is 2.03. The van der Waals surface area contributed by atoms with Crippen molar-refractivity contribution in [3.05, 3.63) is 42.0 Å². The lowest BCUT2D eigenvalue weighted by atomic mass is 10.1. The Balaban J connectivity index is 0.000001000. The predicted molar refractivity (Wildman–Crippen MR) is 59.8 cm³/mol. The first-order chi connectivity index (χ1) is 4.86. The van der Waals surface area contributed by atoms with E-state index in [1.165, 1.54) is 0 Å². The van der Waals surface area contributed by atoms with Crippen molar-refractivity contribution in [3.63, 3.8) is 0 Å². The van der Waals surface area contributed by atoms with Crippen LogP contribution in [0.3, 0.4) is 0 Å². The van der Waals surface area contributed by atoms with Crippen molar-refractivity contribution >= 4 is 30.1 Å². The van der Waals surface area contributed by atoms with E-state index in [0.717, 1.165) is 11.1 Å². The van der Waals surface area contributed by atoms with Crippen molar-refractivity contribution in [3.8, 4) is 0 Å². The fourth-order valence-corrected chi connectivity index (χ4v) is 0.790. The van der Waals surface area contributed by atoms with Crippen LogP contribution >= 0.6 is 24.0 Å². The van der Waals surface area contributed by atoms with Crippen molar-refractivity contribution < 1.29 is 0 Å². The zero-order valence-electron chi connectivity index (χ0n) is 6.29. The molecule has 0 bridgehead atoms. The zero-order chi connectivity index (χ0) is 7.40. The smallest absolute Gasteiger partial charge is 0.0178 e. The van der Waals surface area contributed by atoms with E-state index in [1.54, 1.807) is 0 Å². The second-order valence-corrected chi connectivity index (χ2v) is 2.15. The molecule has 0 spiro atoms. The van der Waals surface area contributed by atoms with Gasteiger partial charge in [0.1, 0.15) is 0 Å². The molecule has 0 fully saturated rings. The molecule has 2 N–H and O–H groups in total. The molecule has 0 radical (unpaired) electrons. The maximum absolute atomic E-state index is 5.42. The van der Waals surface area contributed by atoms with Crippen LogP contribution in [-0.2, 0) is 6.54 Å². The van der Waals surface area contributed by atoms with E-state index in [1.807, 2.05) is 30.3 Å². The van der Waals surface area contributed by atoms with Crippen LogP contribution < -0.4 is 5.73 Å². The van der Waals surface area contributed by atoms with Gasteiger partial charge in [-0.1, -0.05) is 36.9 Å². The maximum Gasteiger partial charge on any atom is 0.0178 e. The van der Waals surface area contributed by atoms with Crippen LogP contribution in [0.2, 0.25) is 0 Å². The third-order valence-electron chi connectivity index (χ3n) is 1.45. The summed E-state index contributed by atoms with van der Waals surface area (Å²) in [5.74, 6) is 0. The van der Waals surface area contributed by atoms with Crippen LogP contribution in [0.15, 0.2) is 30.8 Å². The molecule has 0 atom stereocenters. The summed E-state index contributed by atoms with van der Waals surface area (Å²) in [6.07, 6.45) is 1.82. The van der Waals surface area contributed by atoms with E-state index in [-0.39, 0.29) is 24.0 Å². The predicted octanol–water partition coefficient (Wildman–Crippen LogP) is 2.41. The van der Waals surface area contributed by atoms with Gasteiger partial charge in [-0.15, -0.1) is 24.0 Å². The first-order valence-corrected chi connectivity index (χ1v) is 3.28. The molecule has 2 heteroatoms. The molecule has 0 aliphatic carbocycles. The van der Waals surface area contributed by atoms with E-state index in [0.29, 0.717) is 6.54 Å². The number of hydrogen-bond acceptors (Lipinski definition) is 1. The highest BCUT2D eigenvalue weighted by atomic mass is 127. The van der Waals surface area contributed by atoms with Crippen LogP contribution in [0.1, 0.15) is 11.1 Å². The minimum absolute atomic E-state index is 0. The molecular formula is C9H12IN. The summed E-state index contributed by atoms with van der Waals surface area (Å²) in [5, 5.41) is 0. The van der Waals surface area contributed by atoms with Crippen molar-refractivity contribution in [2.45, 2.75) is 6.54 Å². The number of halogens is 1. The maximum atomic E-state index is 5.42. The van der Waals surface area contributed by atoms with Crippen molar-refractivity contribution in [2.75, 3.05) is 0 Å². The highest BCUT2D eigenvalue weighted by Gasteiger charge is 1.86. The summed E-state index contributed by atoms with van der Waals surface area (Å²) >= 11 is 0. The number of benzene rings is 1. The van der Waals surface area contributed by atoms with E-state index in [2.05, 4.69) is 6.58 Å². The Morgan fingerprint density at radius 3 is 2.18 bits per heavy atom.